The van der Waals surface area contributed by atoms with Crippen LogP contribution in [0.4, 0.5) is 5.69 Å². The number of hydrogen-bond acceptors (Lipinski definition) is 2. The Morgan fingerprint density at radius 3 is 2.48 bits per heavy atom. The van der Waals surface area contributed by atoms with Crippen LogP contribution in [0.25, 0.3) is 5.69 Å². The molecule has 0 saturated carbocycles. The SMILES string of the molecule is CC1CCN(c2ccc(-n3cccc3)cc2C(N)=O)CC1. The van der Waals surface area contributed by atoms with Gasteiger partial charge in [0.2, 0.25) is 0 Å². The summed E-state index contributed by atoms with van der Waals surface area (Å²) in [6.07, 6.45) is 6.25. The zero-order valence-corrected chi connectivity index (χ0v) is 12.3. The number of anilines is 1. The van der Waals surface area contributed by atoms with E-state index >= 15 is 0 Å². The fourth-order valence-electron chi connectivity index (χ4n) is 2.91. The smallest absolute Gasteiger partial charge is 0.250 e. The molecule has 2 aromatic rings. The van der Waals surface area contributed by atoms with Gasteiger partial charge in [0.25, 0.3) is 5.91 Å². The number of aromatic nitrogens is 1. The number of benzene rings is 1. The van der Waals surface area contributed by atoms with Crippen molar-refractivity contribution in [2.24, 2.45) is 11.7 Å². The molecule has 21 heavy (non-hydrogen) atoms. The predicted octanol–water partition coefficient (Wildman–Crippen LogP) is 2.81. The van der Waals surface area contributed by atoms with Gasteiger partial charge in [-0.3, -0.25) is 4.79 Å². The third kappa shape index (κ3) is 2.79. The second kappa shape index (κ2) is 5.64. The molecule has 2 N–H and O–H groups in total. The molecule has 4 heteroatoms. The zero-order chi connectivity index (χ0) is 14.8. The third-order valence-corrected chi connectivity index (χ3v) is 4.27. The maximum absolute atomic E-state index is 11.8. The maximum atomic E-state index is 11.8. The van der Waals surface area contributed by atoms with Crippen molar-refractivity contribution in [2.75, 3.05) is 18.0 Å². The average Bonchev–Trinajstić information content (AvgIpc) is 3.02. The standard InChI is InChI=1S/C17H21N3O/c1-13-6-10-20(11-7-13)16-5-4-14(12-15(16)17(18)21)19-8-2-3-9-19/h2-5,8-9,12-13H,6-7,10-11H2,1H3,(H2,18,21). The van der Waals surface area contributed by atoms with E-state index < -0.39 is 0 Å². The molecule has 0 radical (unpaired) electrons. The van der Waals surface area contributed by atoms with Crippen LogP contribution in [0.3, 0.4) is 0 Å². The molecule has 3 rings (SSSR count). The quantitative estimate of drug-likeness (QED) is 0.941. The number of nitrogens with zero attached hydrogens (tertiary/aromatic N) is 2. The molecule has 110 valence electrons. The fraction of sp³-hybridized carbons (Fsp3) is 0.353. The van der Waals surface area contributed by atoms with Gasteiger partial charge in [0.1, 0.15) is 0 Å². The highest BCUT2D eigenvalue weighted by Gasteiger charge is 2.20. The number of carbonyl (C=O) groups excluding carboxylic acids is 1. The first-order valence-corrected chi connectivity index (χ1v) is 7.47. The van der Waals surface area contributed by atoms with E-state index in [1.807, 2.05) is 47.3 Å². The van der Waals surface area contributed by atoms with Crippen LogP contribution in [-0.4, -0.2) is 23.6 Å². The van der Waals surface area contributed by atoms with Crippen LogP contribution in [0.15, 0.2) is 42.7 Å². The van der Waals surface area contributed by atoms with Crippen LogP contribution in [0, 0.1) is 5.92 Å². The first-order valence-electron chi connectivity index (χ1n) is 7.47. The lowest BCUT2D eigenvalue weighted by Crippen LogP contribution is -2.34. The molecule has 4 nitrogen and oxygen atoms in total. The van der Waals surface area contributed by atoms with Gasteiger partial charge in [0.05, 0.1) is 5.56 Å². The summed E-state index contributed by atoms with van der Waals surface area (Å²) in [6.45, 7) is 4.26. The molecule has 2 heterocycles. The van der Waals surface area contributed by atoms with E-state index in [1.165, 1.54) is 0 Å². The van der Waals surface area contributed by atoms with Crippen molar-refractivity contribution < 1.29 is 4.79 Å². The summed E-state index contributed by atoms with van der Waals surface area (Å²) in [5.41, 5.74) is 8.13. The summed E-state index contributed by atoms with van der Waals surface area (Å²) in [5.74, 6) is 0.398. The monoisotopic (exact) mass is 283 g/mol. The predicted molar refractivity (Wildman–Crippen MR) is 84.9 cm³/mol. The zero-order valence-electron chi connectivity index (χ0n) is 12.3. The Balaban J connectivity index is 1.95. The minimum Gasteiger partial charge on any atom is -0.371 e. The van der Waals surface area contributed by atoms with Crippen molar-refractivity contribution in [2.45, 2.75) is 19.8 Å². The number of carbonyl (C=O) groups is 1. The van der Waals surface area contributed by atoms with E-state index in [-0.39, 0.29) is 5.91 Å². The minimum atomic E-state index is -0.363. The second-order valence-corrected chi connectivity index (χ2v) is 5.83. The molecule has 0 atom stereocenters. The van der Waals surface area contributed by atoms with Crippen molar-refractivity contribution in [3.8, 4) is 5.69 Å². The van der Waals surface area contributed by atoms with Crippen LogP contribution in [-0.2, 0) is 0 Å². The van der Waals surface area contributed by atoms with Crippen molar-refractivity contribution in [3.63, 3.8) is 0 Å². The van der Waals surface area contributed by atoms with E-state index in [1.54, 1.807) is 0 Å². The van der Waals surface area contributed by atoms with Gasteiger partial charge in [-0.05, 0) is 49.1 Å². The lowest BCUT2D eigenvalue weighted by atomic mass is 9.98. The molecule has 1 amide bonds. The van der Waals surface area contributed by atoms with Gasteiger partial charge < -0.3 is 15.2 Å². The summed E-state index contributed by atoms with van der Waals surface area (Å²) in [4.78, 5) is 14.1. The number of primary amides is 1. The van der Waals surface area contributed by atoms with Gasteiger partial charge in [0, 0.05) is 36.9 Å². The fourth-order valence-corrected chi connectivity index (χ4v) is 2.91. The van der Waals surface area contributed by atoms with Gasteiger partial charge in [0.15, 0.2) is 0 Å². The third-order valence-electron chi connectivity index (χ3n) is 4.27. The first-order chi connectivity index (χ1) is 10.1. The maximum Gasteiger partial charge on any atom is 0.250 e. The summed E-state index contributed by atoms with van der Waals surface area (Å²) >= 11 is 0. The summed E-state index contributed by atoms with van der Waals surface area (Å²) in [7, 11) is 0. The molecule has 0 bridgehead atoms. The number of nitrogens with two attached hydrogens (primary N) is 1. The van der Waals surface area contributed by atoms with E-state index in [0.717, 1.165) is 43.2 Å². The molecule has 1 aliphatic heterocycles. The number of hydrogen-bond donors (Lipinski definition) is 1. The van der Waals surface area contributed by atoms with Gasteiger partial charge in [-0.25, -0.2) is 0 Å². The van der Waals surface area contributed by atoms with E-state index in [0.29, 0.717) is 5.56 Å². The Hall–Kier alpha value is -2.23. The van der Waals surface area contributed by atoms with Gasteiger partial charge >= 0.3 is 0 Å². The Labute approximate surface area is 125 Å². The molecular formula is C17H21N3O. The molecule has 0 spiro atoms. The van der Waals surface area contributed by atoms with Gasteiger partial charge in [-0.2, -0.15) is 0 Å². The van der Waals surface area contributed by atoms with E-state index in [4.69, 9.17) is 5.73 Å². The molecule has 1 aromatic heterocycles. The van der Waals surface area contributed by atoms with Crippen molar-refractivity contribution >= 4 is 11.6 Å². The lowest BCUT2D eigenvalue weighted by molar-refractivity contribution is 0.100. The van der Waals surface area contributed by atoms with E-state index in [9.17, 15) is 4.79 Å². The molecule has 0 aliphatic carbocycles. The Morgan fingerprint density at radius 2 is 1.86 bits per heavy atom. The highest BCUT2D eigenvalue weighted by atomic mass is 16.1. The summed E-state index contributed by atoms with van der Waals surface area (Å²) in [6, 6.07) is 9.87. The Morgan fingerprint density at radius 1 is 1.19 bits per heavy atom. The number of piperidine rings is 1. The lowest BCUT2D eigenvalue weighted by Gasteiger charge is -2.33. The highest BCUT2D eigenvalue weighted by molar-refractivity contribution is 5.99. The normalized spacial score (nSPS) is 16.1. The van der Waals surface area contributed by atoms with Gasteiger partial charge in [-0.15, -0.1) is 0 Å². The Bertz CT molecular complexity index is 625. The van der Waals surface area contributed by atoms with Crippen LogP contribution < -0.4 is 10.6 Å². The van der Waals surface area contributed by atoms with Gasteiger partial charge in [-0.1, -0.05) is 6.92 Å². The minimum absolute atomic E-state index is 0.363. The van der Waals surface area contributed by atoms with Crippen molar-refractivity contribution in [1.29, 1.82) is 0 Å². The van der Waals surface area contributed by atoms with Crippen LogP contribution >= 0.6 is 0 Å². The molecule has 1 fully saturated rings. The molecular weight excluding hydrogens is 262 g/mol. The largest absolute Gasteiger partial charge is 0.371 e. The average molecular weight is 283 g/mol. The van der Waals surface area contributed by atoms with Crippen molar-refractivity contribution in [1.82, 2.24) is 4.57 Å². The van der Waals surface area contributed by atoms with Crippen LogP contribution in [0.2, 0.25) is 0 Å². The Kier molecular flexibility index (Phi) is 3.69. The first kappa shape index (κ1) is 13.7. The molecule has 1 aliphatic rings. The summed E-state index contributed by atoms with van der Waals surface area (Å²) < 4.78 is 1.98. The molecule has 0 unspecified atom stereocenters. The molecule has 1 aromatic carbocycles. The number of amides is 1. The second-order valence-electron chi connectivity index (χ2n) is 5.83. The highest BCUT2D eigenvalue weighted by Crippen LogP contribution is 2.28. The van der Waals surface area contributed by atoms with E-state index in [2.05, 4.69) is 11.8 Å². The summed E-state index contributed by atoms with van der Waals surface area (Å²) in [5, 5.41) is 0. The van der Waals surface area contributed by atoms with Crippen LogP contribution in [0.5, 0.6) is 0 Å². The molecule has 1 saturated heterocycles. The topological polar surface area (TPSA) is 51.3 Å². The van der Waals surface area contributed by atoms with Crippen LogP contribution in [0.1, 0.15) is 30.1 Å². The number of rotatable bonds is 3. The van der Waals surface area contributed by atoms with Crippen molar-refractivity contribution in [3.05, 3.63) is 48.3 Å².